The van der Waals surface area contributed by atoms with Gasteiger partial charge in [-0.3, -0.25) is 9.59 Å². The van der Waals surface area contributed by atoms with E-state index in [1.807, 2.05) is 24.3 Å². The number of allylic oxidation sites excluding steroid dienone is 2. The summed E-state index contributed by atoms with van der Waals surface area (Å²) < 4.78 is 6.47. The van der Waals surface area contributed by atoms with Crippen molar-refractivity contribution in [2.24, 2.45) is 51.2 Å². The normalized spacial score (nSPS) is 41.6. The Balaban J connectivity index is 1.01. The molecule has 0 amide bonds. The quantitative estimate of drug-likeness (QED) is 0.231. The second-order valence-corrected chi connectivity index (χ2v) is 21.1. The molecule has 6 aliphatic carbocycles. The first-order valence-corrected chi connectivity index (χ1v) is 22.3. The molecule has 12 atom stereocenters. The highest BCUT2D eigenvalue weighted by Crippen LogP contribution is 2.77. The van der Waals surface area contributed by atoms with E-state index in [-0.39, 0.29) is 51.6 Å². The van der Waals surface area contributed by atoms with Crippen LogP contribution in [0.15, 0.2) is 59.7 Å². The fraction of sp³-hybridized carbons (Fsp3) is 0.680. The van der Waals surface area contributed by atoms with Crippen molar-refractivity contribution < 1.29 is 29.6 Å². The summed E-state index contributed by atoms with van der Waals surface area (Å²) >= 11 is 0. The number of carbonyl (C=O) groups excluding carboxylic acids is 2. The first-order chi connectivity index (χ1) is 26.6. The van der Waals surface area contributed by atoms with Crippen molar-refractivity contribution in [3.8, 4) is 11.5 Å². The molecule has 1 aliphatic heterocycles. The standard InChI is InChI=1S/C50H66O6/c1-29(24-39(53)45-49(6,56-45)37-19-11-18-35(37)30-12-9-16-33(51)25-30)43-38-20-21-42-47(4,48(38,5)28-40(43)54)23-22-41-46(2,3)44(55)36(31-13-10-17-34(52)26-31)27-50(41,42)32-14-7-8-15-32/h9-10,12-13,16-17,25-26,29,32,35-37,39,41-42,45,51-53H,7-8,11,14-15,18-24,27-28H2,1-6H3/t29-,35-,36-,37-,39-,41-,42-,45+,47+,48+,49-,50+/m1/s1. The summed E-state index contributed by atoms with van der Waals surface area (Å²) in [6, 6.07) is 15.1. The number of Topliss-reactive ketones (excluding diaryl/α,β-unsaturated/α-hetero) is 2. The van der Waals surface area contributed by atoms with Crippen LogP contribution < -0.4 is 0 Å². The molecule has 0 radical (unpaired) electrons. The minimum absolute atomic E-state index is 0.0104. The lowest BCUT2D eigenvalue weighted by atomic mass is 9.33. The van der Waals surface area contributed by atoms with E-state index in [9.17, 15) is 24.9 Å². The van der Waals surface area contributed by atoms with Gasteiger partial charge in [-0.1, -0.05) is 83.7 Å². The number of ether oxygens (including phenoxy) is 1. The van der Waals surface area contributed by atoms with E-state index < -0.39 is 17.1 Å². The zero-order valence-corrected chi connectivity index (χ0v) is 34.8. The molecule has 0 bridgehead atoms. The third kappa shape index (κ3) is 5.46. The highest BCUT2D eigenvalue weighted by Gasteiger charge is 2.72. The Labute approximate surface area is 334 Å². The smallest absolute Gasteiger partial charge is 0.159 e. The molecule has 6 heteroatoms. The topological polar surface area (TPSA) is 107 Å². The fourth-order valence-electron chi connectivity index (χ4n) is 15.8. The van der Waals surface area contributed by atoms with Gasteiger partial charge >= 0.3 is 0 Å². The minimum Gasteiger partial charge on any atom is -0.508 e. The number of aliphatic hydroxyl groups is 1. The lowest BCUT2D eigenvalue weighted by Gasteiger charge is -2.71. The van der Waals surface area contributed by atoms with Crippen LogP contribution in [0.3, 0.4) is 0 Å². The van der Waals surface area contributed by atoms with Crippen LogP contribution in [0, 0.1) is 51.2 Å². The maximum Gasteiger partial charge on any atom is 0.159 e. The van der Waals surface area contributed by atoms with Crippen LogP contribution >= 0.6 is 0 Å². The number of epoxide rings is 1. The Morgan fingerprint density at radius 3 is 2.20 bits per heavy atom. The number of phenols is 2. The van der Waals surface area contributed by atoms with Gasteiger partial charge in [0.2, 0.25) is 0 Å². The van der Waals surface area contributed by atoms with E-state index in [1.54, 1.807) is 12.1 Å². The van der Waals surface area contributed by atoms with E-state index >= 15 is 0 Å². The molecule has 6 nitrogen and oxygen atoms in total. The molecule has 0 unspecified atom stereocenters. The highest BCUT2D eigenvalue weighted by atomic mass is 16.6. The van der Waals surface area contributed by atoms with Crippen LogP contribution in [-0.4, -0.2) is 44.7 Å². The lowest BCUT2D eigenvalue weighted by molar-refractivity contribution is -0.207. The lowest BCUT2D eigenvalue weighted by Crippen LogP contribution is -2.66. The summed E-state index contributed by atoms with van der Waals surface area (Å²) in [6.07, 6.45) is 13.1. The molecule has 2 aromatic carbocycles. The van der Waals surface area contributed by atoms with Crippen LogP contribution in [0.2, 0.25) is 0 Å². The Bertz CT molecular complexity index is 1940. The van der Waals surface area contributed by atoms with Crippen LogP contribution in [0.25, 0.3) is 0 Å². The Hall–Kier alpha value is -2.96. The first-order valence-electron chi connectivity index (χ1n) is 22.3. The first kappa shape index (κ1) is 38.6. The largest absolute Gasteiger partial charge is 0.508 e. The van der Waals surface area contributed by atoms with Crippen LogP contribution in [0.5, 0.6) is 11.5 Å². The predicted molar refractivity (Wildman–Crippen MR) is 218 cm³/mol. The summed E-state index contributed by atoms with van der Waals surface area (Å²) in [5, 5.41) is 32.6. The predicted octanol–water partition coefficient (Wildman–Crippen LogP) is 10.6. The van der Waals surface area contributed by atoms with Crippen molar-refractivity contribution in [2.45, 2.75) is 161 Å². The molecule has 1 heterocycles. The van der Waals surface area contributed by atoms with Crippen LogP contribution in [0.4, 0.5) is 0 Å². The van der Waals surface area contributed by atoms with Crippen molar-refractivity contribution >= 4 is 11.6 Å². The van der Waals surface area contributed by atoms with Gasteiger partial charge in [0, 0.05) is 23.2 Å². The third-order valence-corrected chi connectivity index (χ3v) is 18.4. The van der Waals surface area contributed by atoms with E-state index in [2.05, 4.69) is 53.7 Å². The van der Waals surface area contributed by atoms with Gasteiger partial charge in [0.1, 0.15) is 23.4 Å². The molecular formula is C50H66O6. The molecule has 0 aromatic heterocycles. The van der Waals surface area contributed by atoms with Crippen LogP contribution in [-0.2, 0) is 14.3 Å². The van der Waals surface area contributed by atoms with Crippen molar-refractivity contribution in [2.75, 3.05) is 0 Å². The third-order valence-electron chi connectivity index (χ3n) is 18.4. The average Bonchev–Trinajstić information content (AvgIpc) is 3.58. The molecule has 302 valence electrons. The Morgan fingerprint density at radius 2 is 1.50 bits per heavy atom. The number of phenolic OH excluding ortho intramolecular Hbond substituents is 2. The number of aliphatic hydroxyl groups excluding tert-OH is 1. The van der Waals surface area contributed by atoms with Crippen molar-refractivity contribution in [3.05, 3.63) is 70.8 Å². The average molecular weight is 763 g/mol. The van der Waals surface area contributed by atoms with Crippen LogP contribution in [0.1, 0.15) is 154 Å². The number of benzene rings is 2. The van der Waals surface area contributed by atoms with Gasteiger partial charge in [-0.15, -0.1) is 0 Å². The van der Waals surface area contributed by atoms with Gasteiger partial charge in [0.15, 0.2) is 5.78 Å². The zero-order valence-electron chi connectivity index (χ0n) is 34.8. The monoisotopic (exact) mass is 762 g/mol. The molecule has 1 saturated heterocycles. The zero-order chi connectivity index (χ0) is 39.6. The fourth-order valence-corrected chi connectivity index (χ4v) is 15.8. The molecular weight excluding hydrogens is 697 g/mol. The number of hydrogen-bond donors (Lipinski definition) is 3. The molecule has 56 heavy (non-hydrogen) atoms. The van der Waals surface area contributed by atoms with Crippen molar-refractivity contribution in [3.63, 3.8) is 0 Å². The number of rotatable bonds is 8. The van der Waals surface area contributed by atoms with Crippen molar-refractivity contribution in [1.29, 1.82) is 0 Å². The Kier molecular flexibility index (Phi) is 9.14. The van der Waals surface area contributed by atoms with Crippen molar-refractivity contribution in [1.82, 2.24) is 0 Å². The highest BCUT2D eigenvalue weighted by molar-refractivity contribution is 6.00. The number of fused-ring (bicyclic) bond motifs is 5. The molecule has 3 N–H and O–H groups in total. The summed E-state index contributed by atoms with van der Waals surface area (Å²) in [6.45, 7) is 13.7. The number of aromatic hydroxyl groups is 2. The molecule has 2 aromatic rings. The summed E-state index contributed by atoms with van der Waals surface area (Å²) in [7, 11) is 0. The van der Waals surface area contributed by atoms with Gasteiger partial charge in [-0.25, -0.2) is 0 Å². The number of ketones is 2. The second-order valence-electron chi connectivity index (χ2n) is 21.1. The maximum atomic E-state index is 14.6. The van der Waals surface area contributed by atoms with E-state index in [0.29, 0.717) is 48.0 Å². The summed E-state index contributed by atoms with van der Waals surface area (Å²) in [5.74, 6) is 2.67. The number of hydrogen-bond acceptors (Lipinski definition) is 6. The number of carbonyl (C=O) groups is 2. The van der Waals surface area contributed by atoms with E-state index in [1.165, 1.54) is 31.3 Å². The SMILES string of the molecule is C[C@H](C[C@@H](O)[C@@H]1O[C@]1(C)[C@@H]1CCC[C@@H]1c1cccc(O)c1)C1=C2CC[C@H]3[C@]4(C5CCCC5)C[C@H](c5cccc(O)c5)C(=O)C(C)(C)[C@H]4CC[C@]3(C)[C@@]2(C)CC1=O. The molecule has 7 aliphatic rings. The molecule has 5 saturated carbocycles. The second kappa shape index (κ2) is 13.3. The van der Waals surface area contributed by atoms with Gasteiger partial charge < -0.3 is 20.1 Å². The Morgan fingerprint density at radius 1 is 0.821 bits per heavy atom. The van der Waals surface area contributed by atoms with E-state index in [0.717, 1.165) is 68.1 Å². The van der Waals surface area contributed by atoms with Gasteiger partial charge in [0.05, 0.1) is 11.7 Å². The molecule has 0 spiro atoms. The molecule has 9 rings (SSSR count). The molecule has 6 fully saturated rings. The van der Waals surface area contributed by atoms with Gasteiger partial charge in [-0.2, -0.15) is 0 Å². The minimum atomic E-state index is -0.655. The van der Waals surface area contributed by atoms with E-state index in [4.69, 9.17) is 4.74 Å². The van der Waals surface area contributed by atoms with Gasteiger partial charge in [0.25, 0.3) is 0 Å². The summed E-state index contributed by atoms with van der Waals surface area (Å²) in [5.41, 5.74) is 3.21. The van der Waals surface area contributed by atoms with Gasteiger partial charge in [-0.05, 0) is 158 Å². The maximum absolute atomic E-state index is 14.6. The summed E-state index contributed by atoms with van der Waals surface area (Å²) in [4.78, 5) is 29.1.